The van der Waals surface area contributed by atoms with Gasteiger partial charge in [0.15, 0.2) is 0 Å². The summed E-state index contributed by atoms with van der Waals surface area (Å²) in [7, 11) is 5.96. The molecule has 0 spiro atoms. The van der Waals surface area contributed by atoms with E-state index in [-0.39, 0.29) is 47.1 Å². The van der Waals surface area contributed by atoms with Crippen molar-refractivity contribution in [3.63, 3.8) is 0 Å². The molecular formula is C36H51BrClN3O4. The van der Waals surface area contributed by atoms with E-state index in [2.05, 4.69) is 40.8 Å². The SMILES string of the molecule is Br.CC(=O)Nc1ccc(O)cc1.CN[C@@H](C)[C@@H](O)c1ccccc1.COc1ccc2c(c1)[C@]13CCCC[C@@H]1[C@H](C2)N(C)CC3.Cl. The fourth-order valence-electron chi connectivity index (χ4n) is 7.15. The van der Waals surface area contributed by atoms with E-state index in [1.807, 2.05) is 44.3 Å². The third-order valence-electron chi connectivity index (χ3n) is 9.58. The minimum Gasteiger partial charge on any atom is -0.508 e. The predicted octanol–water partition coefficient (Wildman–Crippen LogP) is 7.06. The first-order chi connectivity index (χ1) is 20.7. The molecule has 0 radical (unpaired) electrons. The van der Waals surface area contributed by atoms with Gasteiger partial charge in [0.25, 0.3) is 0 Å². The Balaban J connectivity index is 0.000000246. The Morgan fingerprint density at radius 1 is 1.04 bits per heavy atom. The Labute approximate surface area is 285 Å². The second-order valence-corrected chi connectivity index (χ2v) is 12.2. The number of rotatable bonds is 5. The summed E-state index contributed by atoms with van der Waals surface area (Å²) in [5.74, 6) is 1.99. The zero-order chi connectivity index (χ0) is 31.0. The van der Waals surface area contributed by atoms with Crippen LogP contribution in [0.1, 0.15) is 68.7 Å². The first-order valence-corrected chi connectivity index (χ1v) is 15.5. The fraction of sp³-hybridized carbons (Fsp3) is 0.472. The van der Waals surface area contributed by atoms with Crippen molar-refractivity contribution in [2.24, 2.45) is 5.92 Å². The van der Waals surface area contributed by atoms with E-state index in [1.54, 1.807) is 30.4 Å². The first kappa shape index (κ1) is 38.6. The summed E-state index contributed by atoms with van der Waals surface area (Å²) in [5, 5.41) is 24.2. The highest BCUT2D eigenvalue weighted by molar-refractivity contribution is 8.93. The molecule has 2 aliphatic carbocycles. The molecule has 1 amide bonds. The zero-order valence-electron chi connectivity index (χ0n) is 27.2. The number of hydrogen-bond donors (Lipinski definition) is 4. The van der Waals surface area contributed by atoms with Gasteiger partial charge >= 0.3 is 0 Å². The van der Waals surface area contributed by atoms with Gasteiger partial charge in [-0.05, 0) is 112 Å². The average Bonchev–Trinajstić information content (AvgIpc) is 3.03. The number of hydrogen-bond acceptors (Lipinski definition) is 6. The summed E-state index contributed by atoms with van der Waals surface area (Å²) in [6, 6.07) is 23.7. The summed E-state index contributed by atoms with van der Waals surface area (Å²) in [4.78, 5) is 13.2. The maximum absolute atomic E-state index is 10.5. The monoisotopic (exact) mass is 703 g/mol. The number of halogens is 2. The molecule has 2 bridgehead atoms. The second-order valence-electron chi connectivity index (χ2n) is 12.2. The zero-order valence-corrected chi connectivity index (χ0v) is 29.7. The highest BCUT2D eigenvalue weighted by Crippen LogP contribution is 2.55. The lowest BCUT2D eigenvalue weighted by Gasteiger charge is -2.58. The lowest BCUT2D eigenvalue weighted by atomic mass is 9.52. The van der Waals surface area contributed by atoms with Crippen molar-refractivity contribution < 1.29 is 19.7 Å². The van der Waals surface area contributed by atoms with Crippen LogP contribution in [0.15, 0.2) is 72.8 Å². The molecule has 0 aromatic heterocycles. The van der Waals surface area contributed by atoms with Gasteiger partial charge in [0, 0.05) is 30.1 Å². The third-order valence-corrected chi connectivity index (χ3v) is 9.58. The van der Waals surface area contributed by atoms with Crippen molar-refractivity contribution in [1.82, 2.24) is 10.2 Å². The molecule has 2 fully saturated rings. The molecule has 5 atom stereocenters. The Hall–Kier alpha value is -2.62. The summed E-state index contributed by atoms with van der Waals surface area (Å²) >= 11 is 0. The summed E-state index contributed by atoms with van der Waals surface area (Å²) in [6.07, 6.45) is 7.80. The van der Waals surface area contributed by atoms with E-state index in [4.69, 9.17) is 9.84 Å². The van der Waals surface area contributed by atoms with Crippen LogP contribution in [0.5, 0.6) is 11.5 Å². The summed E-state index contributed by atoms with van der Waals surface area (Å²) in [6.45, 7) is 4.66. The Kier molecular flexibility index (Phi) is 15.3. The minimum absolute atomic E-state index is 0. The van der Waals surface area contributed by atoms with Crippen LogP contribution in [0.2, 0.25) is 0 Å². The average molecular weight is 705 g/mol. The number of piperidine rings is 1. The number of aliphatic hydroxyl groups is 1. The van der Waals surface area contributed by atoms with E-state index in [0.29, 0.717) is 11.1 Å². The number of benzene rings is 3. The number of aliphatic hydroxyl groups excluding tert-OH is 1. The number of likely N-dealkylation sites (N-methyl/N-ethyl adjacent to an activating group) is 2. The number of carbonyl (C=O) groups excluding carboxylic acids is 1. The molecule has 4 N–H and O–H groups in total. The molecule has 248 valence electrons. The number of fused-ring (bicyclic) bond motifs is 1. The Bertz CT molecular complexity index is 1330. The minimum atomic E-state index is -0.420. The van der Waals surface area contributed by atoms with Crippen LogP contribution >= 0.6 is 29.4 Å². The number of nitrogens with zero attached hydrogens (tertiary/aromatic N) is 1. The van der Waals surface area contributed by atoms with Gasteiger partial charge in [-0.2, -0.15) is 0 Å². The number of likely N-dealkylation sites (tertiary alicyclic amines) is 1. The van der Waals surface area contributed by atoms with Crippen LogP contribution in [0.25, 0.3) is 0 Å². The van der Waals surface area contributed by atoms with E-state index in [0.717, 1.165) is 23.3 Å². The highest BCUT2D eigenvalue weighted by atomic mass is 79.9. The number of amides is 1. The largest absolute Gasteiger partial charge is 0.508 e. The fourth-order valence-corrected chi connectivity index (χ4v) is 7.15. The number of aromatic hydroxyl groups is 1. The van der Waals surface area contributed by atoms with Gasteiger partial charge in [0.05, 0.1) is 13.2 Å². The Morgan fingerprint density at radius 2 is 1.73 bits per heavy atom. The number of carbonyl (C=O) groups is 1. The number of phenolic OH excluding ortho intramolecular Hbond substituents is 1. The molecule has 1 heterocycles. The Morgan fingerprint density at radius 3 is 2.36 bits per heavy atom. The summed E-state index contributed by atoms with van der Waals surface area (Å²) in [5.41, 5.74) is 5.32. The standard InChI is InChI=1S/C18H25NO.C10H15NO.C8H9NO2.BrH.ClH/c1-19-10-9-18-8-4-3-5-15(18)17(19)11-13-6-7-14(20-2)12-16(13)18;1-8(11-2)10(12)9-6-4-3-5-7-9;1-6(10)9-7-2-4-8(11)5-3-7;;/h6-7,12,15,17H,3-5,8-11H2,1-2H3;3-8,10-12H,1-2H3;2-5,11H,1H3,(H,9,10);2*1H/t15-,17+,18+;8-,10+;;;/m10.../s1. The topological polar surface area (TPSA) is 94.1 Å². The molecule has 1 saturated heterocycles. The van der Waals surface area contributed by atoms with Crippen molar-refractivity contribution in [1.29, 1.82) is 0 Å². The van der Waals surface area contributed by atoms with Gasteiger partial charge in [-0.15, -0.1) is 29.4 Å². The highest BCUT2D eigenvalue weighted by Gasteiger charge is 2.53. The van der Waals surface area contributed by atoms with Crippen molar-refractivity contribution in [2.45, 2.75) is 76.0 Å². The molecule has 3 aliphatic rings. The van der Waals surface area contributed by atoms with E-state index in [9.17, 15) is 9.90 Å². The third kappa shape index (κ3) is 9.46. The van der Waals surface area contributed by atoms with Crippen LogP contribution < -0.4 is 15.4 Å². The first-order valence-electron chi connectivity index (χ1n) is 15.5. The number of nitrogens with one attached hydrogen (secondary N) is 2. The van der Waals surface area contributed by atoms with E-state index in [1.165, 1.54) is 64.1 Å². The predicted molar refractivity (Wildman–Crippen MR) is 191 cm³/mol. The quantitative estimate of drug-likeness (QED) is 0.213. The molecule has 45 heavy (non-hydrogen) atoms. The van der Waals surface area contributed by atoms with Crippen LogP contribution in [-0.4, -0.2) is 60.9 Å². The van der Waals surface area contributed by atoms with Crippen LogP contribution in [-0.2, 0) is 16.6 Å². The van der Waals surface area contributed by atoms with Crippen molar-refractivity contribution in [3.8, 4) is 11.5 Å². The molecule has 9 heteroatoms. The number of anilines is 1. The lowest BCUT2D eigenvalue weighted by molar-refractivity contribution is -0.114. The van der Waals surface area contributed by atoms with Crippen LogP contribution in [0.4, 0.5) is 5.69 Å². The molecule has 6 rings (SSSR count). The maximum Gasteiger partial charge on any atom is 0.221 e. The van der Waals surface area contributed by atoms with Gasteiger partial charge in [-0.25, -0.2) is 0 Å². The number of ether oxygens (including phenoxy) is 1. The van der Waals surface area contributed by atoms with Gasteiger partial charge in [0.2, 0.25) is 5.91 Å². The van der Waals surface area contributed by atoms with Gasteiger partial charge in [-0.1, -0.05) is 49.2 Å². The lowest BCUT2D eigenvalue weighted by Crippen LogP contribution is -2.59. The van der Waals surface area contributed by atoms with E-state index >= 15 is 0 Å². The molecule has 1 aliphatic heterocycles. The molecule has 7 nitrogen and oxygen atoms in total. The molecule has 1 saturated carbocycles. The van der Waals surface area contributed by atoms with E-state index < -0.39 is 6.10 Å². The van der Waals surface area contributed by atoms with Gasteiger partial charge in [0.1, 0.15) is 11.5 Å². The van der Waals surface area contributed by atoms with Gasteiger partial charge in [-0.3, -0.25) is 4.79 Å². The van der Waals surface area contributed by atoms with Crippen LogP contribution in [0, 0.1) is 5.92 Å². The normalized spacial score (nSPS) is 22.4. The van der Waals surface area contributed by atoms with Crippen molar-refractivity contribution >= 4 is 41.0 Å². The van der Waals surface area contributed by atoms with Crippen molar-refractivity contribution in [3.05, 3.63) is 89.5 Å². The second kappa shape index (κ2) is 17.9. The molecule has 3 aromatic carbocycles. The molecular weight excluding hydrogens is 654 g/mol. The molecule has 3 aromatic rings. The van der Waals surface area contributed by atoms with Crippen molar-refractivity contribution in [2.75, 3.05) is 33.1 Å². The number of phenols is 1. The smallest absolute Gasteiger partial charge is 0.221 e. The van der Waals surface area contributed by atoms with Gasteiger partial charge < -0.3 is 30.5 Å². The van der Waals surface area contributed by atoms with Crippen LogP contribution in [0.3, 0.4) is 0 Å². The maximum atomic E-state index is 10.5. The number of methoxy groups -OCH3 is 1. The molecule has 0 unspecified atom stereocenters. The summed E-state index contributed by atoms with van der Waals surface area (Å²) < 4.78 is 5.51.